The minimum atomic E-state index is -0.420. The third-order valence-electron chi connectivity index (χ3n) is 4.58. The monoisotopic (exact) mass is 529 g/mol. The fraction of sp³-hybridized carbons (Fsp3) is 0.474. The summed E-state index contributed by atoms with van der Waals surface area (Å²) < 4.78 is 4.38. The molecule has 1 amide bonds. The highest BCUT2D eigenvalue weighted by Crippen LogP contribution is 2.19. The lowest BCUT2D eigenvalue weighted by molar-refractivity contribution is 0.1000. The maximum absolute atomic E-state index is 11.4. The molecule has 0 atom stereocenters. The lowest BCUT2D eigenvalue weighted by Crippen LogP contribution is -2.52. The molecule has 0 saturated carbocycles. The summed E-state index contributed by atoms with van der Waals surface area (Å²) in [7, 11) is 0. The van der Waals surface area contributed by atoms with E-state index in [1.54, 1.807) is 12.1 Å². The van der Waals surface area contributed by atoms with Gasteiger partial charge in [0.15, 0.2) is 5.96 Å². The number of nitrogens with one attached hydrogen (secondary N) is 1. The Morgan fingerprint density at radius 2 is 2.03 bits per heavy atom. The molecule has 3 rings (SSSR count). The lowest BCUT2D eigenvalue weighted by Gasteiger charge is -2.36. The van der Waals surface area contributed by atoms with Crippen LogP contribution in [0.3, 0.4) is 0 Å². The largest absolute Gasteiger partial charge is 0.366 e. The second-order valence-electron chi connectivity index (χ2n) is 6.56. The van der Waals surface area contributed by atoms with Crippen LogP contribution >= 0.6 is 35.5 Å². The molecule has 0 radical (unpaired) electrons. The molecule has 0 aliphatic carbocycles. The molecule has 1 aliphatic rings. The van der Waals surface area contributed by atoms with Gasteiger partial charge in [-0.1, -0.05) is 19.1 Å². The number of piperazine rings is 1. The summed E-state index contributed by atoms with van der Waals surface area (Å²) in [6.07, 6.45) is 0.866. The Labute approximate surface area is 192 Å². The molecule has 2 heterocycles. The van der Waals surface area contributed by atoms with Gasteiger partial charge in [0.2, 0.25) is 11.0 Å². The maximum atomic E-state index is 11.4. The van der Waals surface area contributed by atoms with Crippen molar-refractivity contribution in [2.75, 3.05) is 37.6 Å². The Kier molecular flexibility index (Phi) is 9.08. The number of carbonyl (C=O) groups is 1. The van der Waals surface area contributed by atoms with E-state index in [1.807, 2.05) is 12.1 Å². The van der Waals surface area contributed by atoms with E-state index in [-0.39, 0.29) is 24.0 Å². The zero-order chi connectivity index (χ0) is 19.9. The van der Waals surface area contributed by atoms with Crippen molar-refractivity contribution in [2.45, 2.75) is 26.8 Å². The molecule has 2 aromatic rings. The van der Waals surface area contributed by atoms with Gasteiger partial charge in [-0.15, -0.1) is 24.0 Å². The van der Waals surface area contributed by atoms with Crippen LogP contribution in [-0.2, 0) is 13.0 Å². The average Bonchev–Trinajstić information content (AvgIpc) is 3.21. The number of hydrogen-bond donors (Lipinski definition) is 2. The molecule has 1 fully saturated rings. The summed E-state index contributed by atoms with van der Waals surface area (Å²) in [6, 6.07) is 7.31. The Morgan fingerprint density at radius 3 is 2.66 bits per heavy atom. The van der Waals surface area contributed by atoms with Crippen LogP contribution in [0.25, 0.3) is 0 Å². The molecule has 3 N–H and O–H groups in total. The molecule has 158 valence electrons. The van der Waals surface area contributed by atoms with E-state index in [0.717, 1.165) is 61.6 Å². The van der Waals surface area contributed by atoms with Gasteiger partial charge in [-0.2, -0.15) is 4.37 Å². The standard InChI is InChI=1S/C19H27N7OS.HI/c1-3-16-23-19(28-24-16)26-10-8-25(9-11-26)18(21-4-2)22-13-14-6-5-7-15(12-14)17(20)27;/h5-7,12H,3-4,8-11,13H2,1-2H3,(H2,20,27)(H,21,22);1H. The number of aromatic nitrogens is 2. The molecule has 1 aromatic carbocycles. The Hall–Kier alpha value is -1.95. The van der Waals surface area contributed by atoms with Gasteiger partial charge in [0.1, 0.15) is 5.82 Å². The molecule has 8 nitrogen and oxygen atoms in total. The van der Waals surface area contributed by atoms with Gasteiger partial charge >= 0.3 is 0 Å². The average molecular weight is 529 g/mol. The van der Waals surface area contributed by atoms with Gasteiger partial charge in [0.25, 0.3) is 0 Å². The highest BCUT2D eigenvalue weighted by atomic mass is 127. The Balaban J connectivity index is 0.00000300. The van der Waals surface area contributed by atoms with E-state index in [9.17, 15) is 4.79 Å². The fourth-order valence-electron chi connectivity index (χ4n) is 3.04. The van der Waals surface area contributed by atoms with Crippen LogP contribution in [0.5, 0.6) is 0 Å². The number of nitrogens with zero attached hydrogens (tertiary/aromatic N) is 5. The summed E-state index contributed by atoms with van der Waals surface area (Å²) >= 11 is 1.47. The van der Waals surface area contributed by atoms with Gasteiger partial charge in [0.05, 0.1) is 6.54 Å². The van der Waals surface area contributed by atoms with Crippen LogP contribution in [0.1, 0.15) is 35.6 Å². The van der Waals surface area contributed by atoms with Gasteiger partial charge in [0, 0.05) is 56.2 Å². The van der Waals surface area contributed by atoms with Crippen molar-refractivity contribution in [1.29, 1.82) is 0 Å². The van der Waals surface area contributed by atoms with Crippen molar-refractivity contribution in [3.05, 3.63) is 41.2 Å². The van der Waals surface area contributed by atoms with Crippen molar-refractivity contribution < 1.29 is 4.79 Å². The molecule has 29 heavy (non-hydrogen) atoms. The summed E-state index contributed by atoms with van der Waals surface area (Å²) in [5.41, 5.74) is 6.84. The van der Waals surface area contributed by atoms with E-state index in [1.165, 1.54) is 11.5 Å². The summed E-state index contributed by atoms with van der Waals surface area (Å²) in [6.45, 7) is 8.95. The number of rotatable bonds is 6. The van der Waals surface area contributed by atoms with Crippen LogP contribution in [-0.4, -0.2) is 58.8 Å². The number of aryl methyl sites for hydroxylation is 1. The van der Waals surface area contributed by atoms with Crippen molar-refractivity contribution in [3.63, 3.8) is 0 Å². The number of benzene rings is 1. The second-order valence-corrected chi connectivity index (χ2v) is 7.29. The number of carbonyl (C=O) groups excluding carboxylic acids is 1. The molecule has 1 saturated heterocycles. The topological polar surface area (TPSA) is 99.7 Å². The molecule has 10 heteroatoms. The minimum Gasteiger partial charge on any atom is -0.366 e. The quantitative estimate of drug-likeness (QED) is 0.338. The third-order valence-corrected chi connectivity index (χ3v) is 5.40. The van der Waals surface area contributed by atoms with Crippen molar-refractivity contribution in [2.24, 2.45) is 10.7 Å². The Morgan fingerprint density at radius 1 is 1.28 bits per heavy atom. The van der Waals surface area contributed by atoms with Gasteiger partial charge in [-0.25, -0.2) is 9.98 Å². The lowest BCUT2D eigenvalue weighted by atomic mass is 10.1. The van der Waals surface area contributed by atoms with Crippen LogP contribution in [0.15, 0.2) is 29.3 Å². The molecule has 0 unspecified atom stereocenters. The number of anilines is 1. The zero-order valence-corrected chi connectivity index (χ0v) is 19.9. The molecule has 0 bridgehead atoms. The highest BCUT2D eigenvalue weighted by Gasteiger charge is 2.22. The van der Waals surface area contributed by atoms with Gasteiger partial charge in [-0.05, 0) is 24.6 Å². The predicted octanol–water partition coefficient (Wildman–Crippen LogP) is 2.11. The normalized spacial score (nSPS) is 14.5. The first kappa shape index (κ1) is 23.3. The molecule has 1 aromatic heterocycles. The van der Waals surface area contributed by atoms with Crippen molar-refractivity contribution >= 4 is 52.5 Å². The van der Waals surface area contributed by atoms with Crippen LogP contribution in [0.2, 0.25) is 0 Å². The van der Waals surface area contributed by atoms with Crippen molar-refractivity contribution in [1.82, 2.24) is 19.6 Å². The number of halogens is 1. The van der Waals surface area contributed by atoms with E-state index in [4.69, 9.17) is 10.7 Å². The van der Waals surface area contributed by atoms with E-state index in [0.29, 0.717) is 12.1 Å². The minimum absolute atomic E-state index is 0. The SMILES string of the molecule is CCNC(=NCc1cccc(C(N)=O)c1)N1CCN(c2nc(CC)ns2)CC1.I. The summed E-state index contributed by atoms with van der Waals surface area (Å²) in [4.78, 5) is 25.3. The zero-order valence-electron chi connectivity index (χ0n) is 16.8. The molecular weight excluding hydrogens is 501 g/mol. The number of aliphatic imine (C=N–C) groups is 1. The summed E-state index contributed by atoms with van der Waals surface area (Å²) in [5, 5.41) is 4.37. The molecular formula is C19H28IN7OS. The molecule has 1 aliphatic heterocycles. The first-order chi connectivity index (χ1) is 13.6. The third kappa shape index (κ3) is 6.26. The van der Waals surface area contributed by atoms with Crippen molar-refractivity contribution in [3.8, 4) is 0 Å². The number of guanidine groups is 1. The first-order valence-corrected chi connectivity index (χ1v) is 10.4. The number of primary amides is 1. The van der Waals surface area contributed by atoms with Crippen LogP contribution in [0.4, 0.5) is 5.13 Å². The van der Waals surface area contributed by atoms with Gasteiger partial charge < -0.3 is 20.9 Å². The Bertz CT molecular complexity index is 833. The number of hydrogen-bond acceptors (Lipinski definition) is 6. The smallest absolute Gasteiger partial charge is 0.248 e. The molecule has 0 spiro atoms. The first-order valence-electron chi connectivity index (χ1n) is 9.60. The van der Waals surface area contributed by atoms with Crippen LogP contribution in [0, 0.1) is 0 Å². The number of nitrogens with two attached hydrogens (primary N) is 1. The summed E-state index contributed by atoms with van der Waals surface area (Å²) in [5.74, 6) is 1.38. The van der Waals surface area contributed by atoms with Crippen LogP contribution < -0.4 is 16.0 Å². The maximum Gasteiger partial charge on any atom is 0.248 e. The number of amides is 1. The van der Waals surface area contributed by atoms with E-state index >= 15 is 0 Å². The predicted molar refractivity (Wildman–Crippen MR) is 128 cm³/mol. The fourth-order valence-corrected chi connectivity index (χ4v) is 3.84. The highest BCUT2D eigenvalue weighted by molar-refractivity contribution is 14.0. The van der Waals surface area contributed by atoms with E-state index in [2.05, 4.69) is 38.3 Å². The van der Waals surface area contributed by atoms with Gasteiger partial charge in [-0.3, -0.25) is 4.79 Å². The van der Waals surface area contributed by atoms with E-state index < -0.39 is 5.91 Å². The second kappa shape index (κ2) is 11.3.